The molecule has 0 saturated heterocycles. The lowest BCUT2D eigenvalue weighted by molar-refractivity contribution is 0.669. The molecule has 260 valence electrons. The molecule has 0 unspecified atom stereocenters. The van der Waals surface area contributed by atoms with Crippen molar-refractivity contribution in [3.8, 4) is 67.5 Å². The molecule has 12 rings (SSSR count). The first-order valence-electron chi connectivity index (χ1n) is 19.0. The molecule has 0 fully saturated rings. The Labute approximate surface area is 323 Å². The maximum atomic E-state index is 6.25. The molecule has 8 aromatic carbocycles. The van der Waals surface area contributed by atoms with Crippen LogP contribution in [-0.2, 0) is 5.41 Å². The van der Waals surface area contributed by atoms with Crippen molar-refractivity contribution in [3.63, 3.8) is 0 Å². The lowest BCUT2D eigenvalue weighted by Crippen LogP contribution is -2.25. The molecule has 2 aromatic heterocycles. The number of hydrogen-bond donors (Lipinski definition) is 0. The van der Waals surface area contributed by atoms with Gasteiger partial charge in [-0.3, -0.25) is 0 Å². The monoisotopic (exact) mass is 713 g/mol. The van der Waals surface area contributed by atoms with Gasteiger partial charge in [-0.05, 0) is 67.8 Å². The van der Waals surface area contributed by atoms with E-state index in [2.05, 4.69) is 127 Å². The van der Waals surface area contributed by atoms with E-state index in [4.69, 9.17) is 19.4 Å². The van der Waals surface area contributed by atoms with E-state index in [1.165, 1.54) is 50.1 Å². The van der Waals surface area contributed by atoms with Crippen molar-refractivity contribution in [3.05, 3.63) is 210 Å². The van der Waals surface area contributed by atoms with Crippen molar-refractivity contribution in [1.29, 1.82) is 0 Å². The molecule has 1 spiro atoms. The van der Waals surface area contributed by atoms with Gasteiger partial charge in [-0.15, -0.1) is 0 Å². The molecule has 0 bridgehead atoms. The first kappa shape index (κ1) is 31.0. The maximum Gasteiger partial charge on any atom is 0.164 e. The first-order valence-corrected chi connectivity index (χ1v) is 19.0. The number of nitrogens with zero attached hydrogens (tertiary/aromatic N) is 3. The van der Waals surface area contributed by atoms with E-state index < -0.39 is 0 Å². The predicted octanol–water partition coefficient (Wildman–Crippen LogP) is 12.8. The van der Waals surface area contributed by atoms with Crippen molar-refractivity contribution in [2.75, 3.05) is 0 Å². The highest BCUT2D eigenvalue weighted by Gasteiger charge is 2.51. The van der Waals surface area contributed by atoms with Crippen LogP contribution in [-0.4, -0.2) is 15.0 Å². The number of fused-ring (bicyclic) bond motifs is 13. The van der Waals surface area contributed by atoms with Gasteiger partial charge in [0.05, 0.1) is 5.41 Å². The second-order valence-electron chi connectivity index (χ2n) is 14.6. The number of benzene rings is 8. The molecule has 2 heterocycles. The summed E-state index contributed by atoms with van der Waals surface area (Å²) in [5, 5.41) is 2.03. The first-order chi connectivity index (χ1) is 27.8. The topological polar surface area (TPSA) is 51.8 Å². The summed E-state index contributed by atoms with van der Waals surface area (Å²) in [6.45, 7) is 0. The SMILES string of the molecule is c1ccc(-c2nc(-c3ccc(-c4cccc5c4-c4ccccc4C54c5ccccc5-c5ccccc54)cc3)nc(-c3cccc4oc5ccccc5c34)n2)cc1. The summed E-state index contributed by atoms with van der Waals surface area (Å²) in [7, 11) is 0. The summed E-state index contributed by atoms with van der Waals surface area (Å²) < 4.78 is 6.25. The Bertz CT molecular complexity index is 3150. The molecule has 2 aliphatic rings. The average Bonchev–Trinajstić information content (AvgIpc) is 3.91. The van der Waals surface area contributed by atoms with Gasteiger partial charge in [0.25, 0.3) is 0 Å². The normalized spacial score (nSPS) is 13.1. The van der Waals surface area contributed by atoms with Crippen LogP contribution in [0.4, 0.5) is 0 Å². The largest absolute Gasteiger partial charge is 0.456 e. The third-order valence-corrected chi connectivity index (χ3v) is 11.8. The van der Waals surface area contributed by atoms with Crippen molar-refractivity contribution in [2.24, 2.45) is 0 Å². The van der Waals surface area contributed by atoms with Crippen LogP contribution in [0.15, 0.2) is 192 Å². The number of aromatic nitrogens is 3. The number of rotatable bonds is 4. The Morgan fingerprint density at radius 2 is 0.804 bits per heavy atom. The van der Waals surface area contributed by atoms with E-state index in [0.717, 1.165) is 44.2 Å². The second kappa shape index (κ2) is 11.8. The lowest BCUT2D eigenvalue weighted by atomic mass is 9.70. The van der Waals surface area contributed by atoms with Crippen molar-refractivity contribution >= 4 is 21.9 Å². The summed E-state index contributed by atoms with van der Waals surface area (Å²) in [6, 6.07) is 66.8. The zero-order chi connectivity index (χ0) is 36.8. The van der Waals surface area contributed by atoms with Crippen LogP contribution >= 0.6 is 0 Å². The van der Waals surface area contributed by atoms with E-state index in [1.54, 1.807) is 0 Å². The minimum absolute atomic E-state index is 0.382. The highest BCUT2D eigenvalue weighted by molar-refractivity contribution is 6.11. The van der Waals surface area contributed by atoms with Crippen LogP contribution in [0, 0.1) is 0 Å². The van der Waals surface area contributed by atoms with Gasteiger partial charge in [0, 0.05) is 27.5 Å². The zero-order valence-corrected chi connectivity index (χ0v) is 30.1. The van der Waals surface area contributed by atoms with Gasteiger partial charge in [0.1, 0.15) is 11.2 Å². The predicted molar refractivity (Wildman–Crippen MR) is 225 cm³/mol. The Morgan fingerprint density at radius 3 is 1.54 bits per heavy atom. The Morgan fingerprint density at radius 1 is 0.321 bits per heavy atom. The molecule has 4 heteroatoms. The third-order valence-electron chi connectivity index (χ3n) is 11.8. The molecule has 0 atom stereocenters. The van der Waals surface area contributed by atoms with Crippen molar-refractivity contribution < 1.29 is 4.42 Å². The molecular weight excluding hydrogens is 683 g/mol. The summed E-state index contributed by atoms with van der Waals surface area (Å²) >= 11 is 0. The second-order valence-corrected chi connectivity index (χ2v) is 14.6. The molecule has 0 saturated carbocycles. The lowest BCUT2D eigenvalue weighted by Gasteiger charge is -2.30. The Hall–Kier alpha value is -7.43. The minimum atomic E-state index is -0.382. The summed E-state index contributed by atoms with van der Waals surface area (Å²) in [4.78, 5) is 15.3. The van der Waals surface area contributed by atoms with Gasteiger partial charge in [0.2, 0.25) is 0 Å². The third kappa shape index (κ3) is 4.27. The van der Waals surface area contributed by atoms with E-state index in [1.807, 2.05) is 60.7 Å². The quantitative estimate of drug-likeness (QED) is 0.182. The van der Waals surface area contributed by atoms with Crippen molar-refractivity contribution in [2.45, 2.75) is 5.41 Å². The molecule has 0 aliphatic heterocycles. The van der Waals surface area contributed by atoms with Gasteiger partial charge in [-0.2, -0.15) is 0 Å². The van der Waals surface area contributed by atoms with E-state index in [9.17, 15) is 0 Å². The summed E-state index contributed by atoms with van der Waals surface area (Å²) in [6.07, 6.45) is 0. The van der Waals surface area contributed by atoms with Crippen molar-refractivity contribution in [1.82, 2.24) is 15.0 Å². The van der Waals surface area contributed by atoms with Crippen LogP contribution in [0.3, 0.4) is 0 Å². The fraction of sp³-hybridized carbons (Fsp3) is 0.0192. The summed E-state index contributed by atoms with van der Waals surface area (Å²) in [5.41, 5.74) is 16.9. The molecule has 2 aliphatic carbocycles. The summed E-state index contributed by atoms with van der Waals surface area (Å²) in [5.74, 6) is 1.85. The van der Waals surface area contributed by atoms with Gasteiger partial charge >= 0.3 is 0 Å². The van der Waals surface area contributed by atoms with Crippen LogP contribution in [0.2, 0.25) is 0 Å². The Balaban J connectivity index is 1.02. The molecule has 0 N–H and O–H groups in total. The fourth-order valence-corrected chi connectivity index (χ4v) is 9.49. The van der Waals surface area contributed by atoms with E-state index >= 15 is 0 Å². The molecule has 56 heavy (non-hydrogen) atoms. The van der Waals surface area contributed by atoms with Gasteiger partial charge in [-0.1, -0.05) is 176 Å². The average molecular weight is 714 g/mol. The minimum Gasteiger partial charge on any atom is -0.456 e. The van der Waals surface area contributed by atoms with Gasteiger partial charge in [-0.25, -0.2) is 15.0 Å². The maximum absolute atomic E-state index is 6.25. The fourth-order valence-electron chi connectivity index (χ4n) is 9.49. The number of hydrogen-bond acceptors (Lipinski definition) is 4. The van der Waals surface area contributed by atoms with Crippen LogP contribution in [0.5, 0.6) is 0 Å². The molecular formula is C52H31N3O. The molecule has 0 amide bonds. The smallest absolute Gasteiger partial charge is 0.164 e. The van der Waals surface area contributed by atoms with E-state index in [-0.39, 0.29) is 5.41 Å². The molecule has 4 nitrogen and oxygen atoms in total. The van der Waals surface area contributed by atoms with E-state index in [0.29, 0.717) is 17.5 Å². The van der Waals surface area contributed by atoms with Crippen LogP contribution < -0.4 is 0 Å². The van der Waals surface area contributed by atoms with Gasteiger partial charge in [0.15, 0.2) is 17.5 Å². The number of para-hydroxylation sites is 1. The highest BCUT2D eigenvalue weighted by Crippen LogP contribution is 2.63. The van der Waals surface area contributed by atoms with Gasteiger partial charge < -0.3 is 4.42 Å². The van der Waals surface area contributed by atoms with Crippen LogP contribution in [0.1, 0.15) is 22.3 Å². The Kier molecular flexibility index (Phi) is 6.52. The van der Waals surface area contributed by atoms with Crippen LogP contribution in [0.25, 0.3) is 89.5 Å². The molecule has 10 aromatic rings. The molecule has 0 radical (unpaired) electrons. The zero-order valence-electron chi connectivity index (χ0n) is 30.1. The highest BCUT2D eigenvalue weighted by atomic mass is 16.3. The number of furan rings is 1. The standard InChI is InChI=1S/C52H31N3O/c1-2-14-33(15-3-1)49-53-50(55-51(54-49)40-21-13-27-46-48(40)39-19-7-11-26-45(39)56-46)34-30-28-32(29-31-34)35-20-12-25-44-47(35)38-18-6-10-24-43(38)52(44)41-22-8-4-16-36(41)37-17-5-9-23-42(37)52/h1-31H.